The topological polar surface area (TPSA) is 141 Å². The number of carbonyl (C=O) groups is 4. The quantitative estimate of drug-likeness (QED) is 0.180. The molecule has 284 valence electrons. The van der Waals surface area contributed by atoms with Gasteiger partial charge in [0.1, 0.15) is 5.75 Å². The van der Waals surface area contributed by atoms with E-state index in [4.69, 9.17) is 4.74 Å². The van der Waals surface area contributed by atoms with Crippen LogP contribution in [-0.2, 0) is 16.1 Å². The molecular weight excluding hydrogens is 685 g/mol. The third-order valence-corrected chi connectivity index (χ3v) is 11.1. The van der Waals surface area contributed by atoms with Crippen molar-refractivity contribution >= 4 is 41.0 Å². The summed E-state index contributed by atoms with van der Waals surface area (Å²) in [6.45, 7) is 9.97. The van der Waals surface area contributed by atoms with Crippen LogP contribution in [0.25, 0.3) is 5.65 Å². The highest BCUT2D eigenvalue weighted by atomic mass is 16.5. The smallest absolute Gasteiger partial charge is 0.254 e. The average Bonchev–Trinajstić information content (AvgIpc) is 3.75. The number of hydrogen-bond donors (Lipinski definition) is 2. The summed E-state index contributed by atoms with van der Waals surface area (Å²) in [4.78, 5) is 58.6. The SMILES string of the molecule is CNc1cc2c(cc1OC(C)C)C(=O)N(C1CCN(CC3CCN(c4ccc(C5CCC(=O)NC5=O)cc4)CC3)CC1)C2.O=Cc1cnn2cccnc12. The molecule has 3 saturated heterocycles. The van der Waals surface area contributed by atoms with Crippen molar-refractivity contribution in [2.24, 2.45) is 5.92 Å². The largest absolute Gasteiger partial charge is 0.489 e. The van der Waals surface area contributed by atoms with E-state index in [1.807, 2.05) is 39.1 Å². The lowest BCUT2D eigenvalue weighted by Crippen LogP contribution is -2.47. The molecule has 0 saturated carbocycles. The Labute approximate surface area is 316 Å². The predicted molar refractivity (Wildman–Crippen MR) is 206 cm³/mol. The van der Waals surface area contributed by atoms with Gasteiger partial charge in [0.05, 0.1) is 29.5 Å². The number of benzene rings is 2. The molecule has 13 nitrogen and oxygen atoms in total. The van der Waals surface area contributed by atoms with Gasteiger partial charge in [0.15, 0.2) is 11.9 Å². The lowest BCUT2D eigenvalue weighted by Gasteiger charge is -2.40. The molecule has 13 heteroatoms. The number of aromatic nitrogens is 3. The van der Waals surface area contributed by atoms with Gasteiger partial charge < -0.3 is 24.8 Å². The van der Waals surface area contributed by atoms with Crippen molar-refractivity contribution in [3.63, 3.8) is 0 Å². The van der Waals surface area contributed by atoms with Crippen LogP contribution < -0.4 is 20.3 Å². The van der Waals surface area contributed by atoms with Crippen molar-refractivity contribution in [2.75, 3.05) is 50.0 Å². The lowest BCUT2D eigenvalue weighted by atomic mass is 9.90. The van der Waals surface area contributed by atoms with E-state index in [0.29, 0.717) is 36.5 Å². The standard InChI is InChI=1S/C34H45N5O4.C7H5N3O/c1-22(2)43-31-19-29-25(18-30(31)35-3)21-39(34(29)42)27-12-14-37(15-13-27)20-23-10-16-38(17-11-23)26-6-4-24(5-7-26)28-8-9-32(40)36-33(28)41;11-5-6-4-9-10-3-1-2-8-7(6)10/h4-7,18-19,22-23,27-28,35H,8-17,20-21H2,1-3H3,(H,36,40,41);1-5H. The van der Waals surface area contributed by atoms with Gasteiger partial charge in [-0.25, -0.2) is 9.50 Å². The molecule has 8 rings (SSSR count). The molecule has 4 aliphatic rings. The maximum absolute atomic E-state index is 13.4. The van der Waals surface area contributed by atoms with Crippen LogP contribution in [0.15, 0.2) is 61.1 Å². The molecule has 4 aliphatic heterocycles. The summed E-state index contributed by atoms with van der Waals surface area (Å²) in [5, 5.41) is 9.60. The number of aldehydes is 1. The first-order chi connectivity index (χ1) is 26.2. The van der Waals surface area contributed by atoms with Crippen LogP contribution in [0.1, 0.15) is 90.1 Å². The number of hydrogen-bond acceptors (Lipinski definition) is 10. The minimum absolute atomic E-state index is 0.0488. The molecule has 0 spiro atoms. The summed E-state index contributed by atoms with van der Waals surface area (Å²) in [7, 11) is 1.89. The number of imide groups is 1. The fourth-order valence-electron chi connectivity index (χ4n) is 8.22. The molecule has 4 aromatic rings. The molecular formula is C41H50N8O5. The van der Waals surface area contributed by atoms with E-state index in [9.17, 15) is 19.2 Å². The van der Waals surface area contributed by atoms with Crippen molar-refractivity contribution in [1.29, 1.82) is 0 Å². The molecule has 54 heavy (non-hydrogen) atoms. The Kier molecular flexibility index (Phi) is 11.2. The van der Waals surface area contributed by atoms with Gasteiger partial charge in [0.2, 0.25) is 11.8 Å². The lowest BCUT2D eigenvalue weighted by molar-refractivity contribution is -0.134. The van der Waals surface area contributed by atoms with Crippen molar-refractivity contribution in [3.8, 4) is 5.75 Å². The second-order valence-corrected chi connectivity index (χ2v) is 15.0. The summed E-state index contributed by atoms with van der Waals surface area (Å²) in [5.41, 5.74) is 6.12. The molecule has 0 aliphatic carbocycles. The Bertz CT molecular complexity index is 1980. The van der Waals surface area contributed by atoms with Crippen molar-refractivity contribution < 1.29 is 23.9 Å². The number of ether oxygens (including phenoxy) is 1. The number of fused-ring (bicyclic) bond motifs is 2. The molecule has 2 aromatic heterocycles. The number of piperidine rings is 3. The van der Waals surface area contributed by atoms with Crippen LogP contribution in [0.2, 0.25) is 0 Å². The zero-order valence-electron chi connectivity index (χ0n) is 31.4. The highest BCUT2D eigenvalue weighted by Gasteiger charge is 2.36. The summed E-state index contributed by atoms with van der Waals surface area (Å²) >= 11 is 0. The second-order valence-electron chi connectivity index (χ2n) is 15.0. The molecule has 6 heterocycles. The van der Waals surface area contributed by atoms with Gasteiger partial charge >= 0.3 is 0 Å². The van der Waals surface area contributed by atoms with E-state index < -0.39 is 0 Å². The molecule has 1 atom stereocenters. The summed E-state index contributed by atoms with van der Waals surface area (Å²) < 4.78 is 7.54. The average molecular weight is 735 g/mol. The molecule has 2 aromatic carbocycles. The minimum Gasteiger partial charge on any atom is -0.489 e. The van der Waals surface area contributed by atoms with Crippen molar-refractivity contribution in [2.45, 2.75) is 77.0 Å². The molecule has 1 unspecified atom stereocenters. The Morgan fingerprint density at radius 3 is 2.44 bits per heavy atom. The fourth-order valence-corrected chi connectivity index (χ4v) is 8.22. The van der Waals surface area contributed by atoms with Crippen LogP contribution in [-0.4, -0.2) is 100 Å². The fraction of sp³-hybridized carbons (Fsp3) is 0.463. The van der Waals surface area contributed by atoms with E-state index >= 15 is 0 Å². The number of anilines is 2. The number of likely N-dealkylation sites (tertiary alicyclic amines) is 1. The second kappa shape index (κ2) is 16.4. The predicted octanol–water partition coefficient (Wildman–Crippen LogP) is 4.91. The first kappa shape index (κ1) is 37.0. The number of amides is 3. The van der Waals surface area contributed by atoms with E-state index in [1.165, 1.54) is 24.7 Å². The molecule has 3 amide bonds. The maximum atomic E-state index is 13.4. The van der Waals surface area contributed by atoms with E-state index in [0.717, 1.165) is 80.0 Å². The van der Waals surface area contributed by atoms with E-state index in [-0.39, 0.29) is 35.8 Å². The summed E-state index contributed by atoms with van der Waals surface area (Å²) in [6.07, 6.45) is 11.0. The Hall–Kier alpha value is -5.30. The van der Waals surface area contributed by atoms with Gasteiger partial charge in [-0.2, -0.15) is 5.10 Å². The third kappa shape index (κ3) is 8.10. The first-order valence-electron chi connectivity index (χ1n) is 19.2. The molecule has 0 radical (unpaired) electrons. The molecule has 0 bridgehead atoms. The monoisotopic (exact) mass is 734 g/mol. The Balaban J connectivity index is 0.000000348. The van der Waals surface area contributed by atoms with Gasteiger partial charge in [-0.3, -0.25) is 24.5 Å². The number of carbonyl (C=O) groups excluding carboxylic acids is 4. The zero-order valence-corrected chi connectivity index (χ0v) is 31.4. The Morgan fingerprint density at radius 1 is 1.00 bits per heavy atom. The van der Waals surface area contributed by atoms with Gasteiger partial charge in [0, 0.05) is 82.4 Å². The minimum atomic E-state index is -0.232. The van der Waals surface area contributed by atoms with Crippen LogP contribution >= 0.6 is 0 Å². The van der Waals surface area contributed by atoms with Gasteiger partial charge in [-0.15, -0.1) is 0 Å². The van der Waals surface area contributed by atoms with Crippen LogP contribution in [0.4, 0.5) is 11.4 Å². The van der Waals surface area contributed by atoms with Crippen LogP contribution in [0.5, 0.6) is 5.75 Å². The van der Waals surface area contributed by atoms with Gasteiger partial charge in [0.25, 0.3) is 5.91 Å². The first-order valence-corrected chi connectivity index (χ1v) is 19.2. The number of nitrogens with zero attached hydrogens (tertiary/aromatic N) is 6. The van der Waals surface area contributed by atoms with Crippen LogP contribution in [0, 0.1) is 5.92 Å². The van der Waals surface area contributed by atoms with Crippen LogP contribution in [0.3, 0.4) is 0 Å². The molecule has 3 fully saturated rings. The van der Waals surface area contributed by atoms with E-state index in [1.54, 1.807) is 23.0 Å². The number of nitrogens with one attached hydrogen (secondary N) is 2. The summed E-state index contributed by atoms with van der Waals surface area (Å²) in [5.74, 6) is 0.989. The number of rotatable bonds is 9. The van der Waals surface area contributed by atoms with Gasteiger partial charge in [-0.05, 0) is 93.3 Å². The van der Waals surface area contributed by atoms with Crippen molar-refractivity contribution in [3.05, 3.63) is 83.3 Å². The highest BCUT2D eigenvalue weighted by molar-refractivity contribution is 6.01. The third-order valence-electron chi connectivity index (χ3n) is 11.1. The van der Waals surface area contributed by atoms with Crippen molar-refractivity contribution in [1.82, 2.24) is 29.7 Å². The van der Waals surface area contributed by atoms with Gasteiger partial charge in [-0.1, -0.05) is 12.1 Å². The Morgan fingerprint density at radius 2 is 1.76 bits per heavy atom. The highest BCUT2D eigenvalue weighted by Crippen LogP contribution is 2.36. The molecule has 2 N–H and O–H groups in total. The summed E-state index contributed by atoms with van der Waals surface area (Å²) in [6, 6.07) is 14.4. The maximum Gasteiger partial charge on any atom is 0.254 e. The zero-order chi connectivity index (χ0) is 37.8. The normalized spacial score (nSPS) is 19.8. The van der Waals surface area contributed by atoms with E-state index in [2.05, 4.69) is 53.6 Å².